The molecule has 2 heterocycles. The minimum Gasteiger partial charge on any atom is -0.380 e. The summed E-state index contributed by atoms with van der Waals surface area (Å²) in [6.45, 7) is 0.602. The van der Waals surface area contributed by atoms with Gasteiger partial charge >= 0.3 is 0 Å². The molecule has 0 amide bonds. The first-order valence-corrected chi connectivity index (χ1v) is 10.4. The van der Waals surface area contributed by atoms with Crippen molar-refractivity contribution in [3.63, 3.8) is 0 Å². The average Bonchev–Trinajstić information content (AvgIpc) is 3.30. The van der Waals surface area contributed by atoms with Crippen molar-refractivity contribution in [2.24, 2.45) is 7.05 Å². The van der Waals surface area contributed by atoms with Gasteiger partial charge in [-0.25, -0.2) is 17.8 Å². The molecule has 2 atom stereocenters. The van der Waals surface area contributed by atoms with Gasteiger partial charge in [-0.3, -0.25) is 0 Å². The molecule has 2 aromatic carbocycles. The van der Waals surface area contributed by atoms with E-state index in [0.29, 0.717) is 12.2 Å². The molecule has 0 bridgehead atoms. The van der Waals surface area contributed by atoms with E-state index in [-0.39, 0.29) is 29.3 Å². The highest BCUT2D eigenvalue weighted by molar-refractivity contribution is 7.89. The van der Waals surface area contributed by atoms with Crippen LogP contribution in [0.25, 0.3) is 0 Å². The van der Waals surface area contributed by atoms with Crippen LogP contribution in [0.2, 0.25) is 0 Å². The SMILES string of the molecule is Cn1cnc(S(=O)(=O)N2C[C@@H](Nc3cccc(F)c3)[C@H](c3ccccc3)C2)c1. The summed E-state index contributed by atoms with van der Waals surface area (Å²) in [6.07, 6.45) is 2.97. The van der Waals surface area contributed by atoms with E-state index in [2.05, 4.69) is 10.3 Å². The third-order valence-electron chi connectivity index (χ3n) is 4.98. The van der Waals surface area contributed by atoms with E-state index >= 15 is 0 Å². The number of aryl methyl sites for hydroxylation is 1. The molecule has 1 aliphatic heterocycles. The van der Waals surface area contributed by atoms with E-state index in [4.69, 9.17) is 0 Å². The zero-order chi connectivity index (χ0) is 19.7. The summed E-state index contributed by atoms with van der Waals surface area (Å²) in [5.41, 5.74) is 1.66. The van der Waals surface area contributed by atoms with Gasteiger partial charge in [0.25, 0.3) is 10.0 Å². The highest BCUT2D eigenvalue weighted by atomic mass is 32.2. The molecular weight excluding hydrogens is 379 g/mol. The van der Waals surface area contributed by atoms with Crippen molar-refractivity contribution in [3.8, 4) is 0 Å². The molecule has 8 heteroatoms. The summed E-state index contributed by atoms with van der Waals surface area (Å²) in [5.74, 6) is -0.403. The lowest BCUT2D eigenvalue weighted by molar-refractivity contribution is 0.468. The first-order valence-electron chi connectivity index (χ1n) is 8.98. The molecule has 0 radical (unpaired) electrons. The van der Waals surface area contributed by atoms with Gasteiger partial charge in [-0.15, -0.1) is 0 Å². The molecule has 0 aliphatic carbocycles. The molecule has 1 N–H and O–H groups in total. The van der Waals surface area contributed by atoms with Crippen LogP contribution in [0.15, 0.2) is 72.1 Å². The minimum atomic E-state index is -3.70. The highest BCUT2D eigenvalue weighted by Gasteiger charge is 2.40. The first kappa shape index (κ1) is 18.6. The number of hydrogen-bond donors (Lipinski definition) is 1. The van der Waals surface area contributed by atoms with E-state index in [1.54, 1.807) is 23.7 Å². The molecular formula is C20H21FN4O2S. The van der Waals surface area contributed by atoms with Gasteiger partial charge in [0, 0.05) is 44.0 Å². The Bertz CT molecular complexity index is 1070. The number of imidazole rings is 1. The van der Waals surface area contributed by atoms with Crippen LogP contribution in [0, 0.1) is 5.82 Å². The van der Waals surface area contributed by atoms with E-state index < -0.39 is 10.0 Å². The Kier molecular flexibility index (Phi) is 4.91. The van der Waals surface area contributed by atoms with Crippen LogP contribution in [-0.2, 0) is 17.1 Å². The normalized spacial score (nSPS) is 20.4. The Morgan fingerprint density at radius 2 is 1.89 bits per heavy atom. The number of nitrogens with one attached hydrogen (secondary N) is 1. The van der Waals surface area contributed by atoms with Crippen molar-refractivity contribution >= 4 is 15.7 Å². The van der Waals surface area contributed by atoms with Crippen molar-refractivity contribution in [1.29, 1.82) is 0 Å². The fourth-order valence-corrected chi connectivity index (χ4v) is 5.05. The predicted molar refractivity (Wildman–Crippen MR) is 105 cm³/mol. The monoisotopic (exact) mass is 400 g/mol. The van der Waals surface area contributed by atoms with Crippen molar-refractivity contribution in [3.05, 3.63) is 78.5 Å². The number of halogens is 1. The summed E-state index contributed by atoms with van der Waals surface area (Å²) in [6, 6.07) is 15.8. The fourth-order valence-electron chi connectivity index (χ4n) is 3.59. The predicted octanol–water partition coefficient (Wildman–Crippen LogP) is 2.83. The second-order valence-corrected chi connectivity index (χ2v) is 8.86. The van der Waals surface area contributed by atoms with E-state index in [1.807, 2.05) is 30.3 Å². The number of aromatic nitrogens is 2. The summed E-state index contributed by atoms with van der Waals surface area (Å²) >= 11 is 0. The summed E-state index contributed by atoms with van der Waals surface area (Å²) in [5, 5.41) is 3.35. The lowest BCUT2D eigenvalue weighted by atomic mass is 9.94. The maximum absolute atomic E-state index is 13.6. The zero-order valence-electron chi connectivity index (χ0n) is 15.4. The van der Waals surface area contributed by atoms with Crippen LogP contribution in [0.1, 0.15) is 11.5 Å². The van der Waals surface area contributed by atoms with Crippen LogP contribution in [0.4, 0.5) is 10.1 Å². The number of hydrogen-bond acceptors (Lipinski definition) is 4. The quantitative estimate of drug-likeness (QED) is 0.715. The van der Waals surface area contributed by atoms with Gasteiger partial charge in [0.15, 0.2) is 5.03 Å². The van der Waals surface area contributed by atoms with E-state index in [0.717, 1.165) is 5.56 Å². The summed E-state index contributed by atoms with van der Waals surface area (Å²) in [7, 11) is -1.97. The maximum atomic E-state index is 13.6. The van der Waals surface area contributed by atoms with E-state index in [1.165, 1.54) is 29.0 Å². The molecule has 28 heavy (non-hydrogen) atoms. The third kappa shape index (κ3) is 3.65. The van der Waals surface area contributed by atoms with Gasteiger partial charge in [0.05, 0.1) is 6.33 Å². The van der Waals surface area contributed by atoms with Crippen LogP contribution < -0.4 is 5.32 Å². The fraction of sp³-hybridized carbons (Fsp3) is 0.250. The lowest BCUT2D eigenvalue weighted by Crippen LogP contribution is -2.32. The third-order valence-corrected chi connectivity index (χ3v) is 6.69. The number of rotatable bonds is 5. The highest BCUT2D eigenvalue weighted by Crippen LogP contribution is 2.33. The molecule has 1 fully saturated rings. The number of anilines is 1. The van der Waals surface area contributed by atoms with Crippen LogP contribution in [0.3, 0.4) is 0 Å². The van der Waals surface area contributed by atoms with E-state index in [9.17, 15) is 12.8 Å². The maximum Gasteiger partial charge on any atom is 0.262 e. The minimum absolute atomic E-state index is 0.0354. The van der Waals surface area contributed by atoms with Gasteiger partial charge in [0.2, 0.25) is 0 Å². The second kappa shape index (κ2) is 7.37. The standard InChI is InChI=1S/C20H21FN4O2S/c1-24-13-20(22-14-24)28(26,27)25-11-18(15-6-3-2-4-7-15)19(12-25)23-17-9-5-8-16(21)10-17/h2-10,13-14,18-19,23H,11-12H2,1H3/t18-,19+/m0/s1. The number of benzene rings is 2. The second-order valence-electron chi connectivity index (χ2n) is 6.98. The van der Waals surface area contributed by atoms with Gasteiger partial charge in [-0.1, -0.05) is 36.4 Å². The lowest BCUT2D eigenvalue weighted by Gasteiger charge is -2.21. The molecule has 0 spiro atoms. The topological polar surface area (TPSA) is 67.2 Å². The summed E-state index contributed by atoms with van der Waals surface area (Å²) < 4.78 is 42.7. The van der Waals surface area contributed by atoms with Gasteiger partial charge in [-0.05, 0) is 23.8 Å². The van der Waals surface area contributed by atoms with Gasteiger partial charge in [-0.2, -0.15) is 4.31 Å². The van der Waals surface area contributed by atoms with Gasteiger partial charge in [0.1, 0.15) is 5.82 Å². The van der Waals surface area contributed by atoms with Crippen LogP contribution in [0.5, 0.6) is 0 Å². The molecule has 146 valence electrons. The van der Waals surface area contributed by atoms with Crippen LogP contribution >= 0.6 is 0 Å². The molecule has 3 aromatic rings. The average molecular weight is 400 g/mol. The first-order chi connectivity index (χ1) is 13.4. The molecule has 4 rings (SSSR count). The molecule has 1 saturated heterocycles. The zero-order valence-corrected chi connectivity index (χ0v) is 16.2. The molecule has 0 saturated carbocycles. The van der Waals surface area contributed by atoms with Crippen molar-refractivity contribution in [2.45, 2.75) is 17.0 Å². The Balaban J connectivity index is 1.65. The largest absolute Gasteiger partial charge is 0.380 e. The van der Waals surface area contributed by atoms with Crippen molar-refractivity contribution in [2.75, 3.05) is 18.4 Å². The molecule has 6 nitrogen and oxygen atoms in total. The Morgan fingerprint density at radius 1 is 1.11 bits per heavy atom. The molecule has 0 unspecified atom stereocenters. The summed E-state index contributed by atoms with van der Waals surface area (Å²) in [4.78, 5) is 4.01. The van der Waals surface area contributed by atoms with Crippen molar-refractivity contribution in [1.82, 2.24) is 13.9 Å². The smallest absolute Gasteiger partial charge is 0.262 e. The van der Waals surface area contributed by atoms with Crippen molar-refractivity contribution < 1.29 is 12.8 Å². The Morgan fingerprint density at radius 3 is 2.57 bits per heavy atom. The Labute approximate surface area is 163 Å². The number of nitrogens with zero attached hydrogens (tertiary/aromatic N) is 3. The molecule has 1 aromatic heterocycles. The number of sulfonamides is 1. The Hall–Kier alpha value is -2.71. The van der Waals surface area contributed by atoms with Gasteiger partial charge < -0.3 is 9.88 Å². The molecule has 1 aliphatic rings. The van der Waals surface area contributed by atoms with Crippen LogP contribution in [-0.4, -0.2) is 41.4 Å².